The van der Waals surface area contributed by atoms with Crippen LogP contribution in [0.2, 0.25) is 0 Å². The summed E-state index contributed by atoms with van der Waals surface area (Å²) in [7, 11) is 0. The van der Waals surface area contributed by atoms with Gasteiger partial charge >= 0.3 is 5.69 Å². The number of aromatic nitrogens is 3. The highest BCUT2D eigenvalue weighted by atomic mass is 16.2. The minimum atomic E-state index is -0.566. The molecule has 2 aliphatic rings. The van der Waals surface area contributed by atoms with Crippen molar-refractivity contribution in [3.8, 4) is 0 Å². The van der Waals surface area contributed by atoms with Gasteiger partial charge in [-0.3, -0.25) is 23.9 Å². The predicted octanol–water partition coefficient (Wildman–Crippen LogP) is 3.04. The van der Waals surface area contributed by atoms with Gasteiger partial charge in [0.2, 0.25) is 0 Å². The van der Waals surface area contributed by atoms with E-state index in [4.69, 9.17) is 0 Å². The van der Waals surface area contributed by atoms with Crippen molar-refractivity contribution in [2.75, 3.05) is 5.32 Å². The van der Waals surface area contributed by atoms with E-state index in [9.17, 15) is 19.2 Å². The molecule has 0 spiro atoms. The third-order valence-electron chi connectivity index (χ3n) is 6.63. The summed E-state index contributed by atoms with van der Waals surface area (Å²) >= 11 is 0. The van der Waals surface area contributed by atoms with Gasteiger partial charge in [0.1, 0.15) is 5.65 Å². The molecule has 176 valence electrons. The van der Waals surface area contributed by atoms with Crippen LogP contribution in [0.3, 0.4) is 0 Å². The van der Waals surface area contributed by atoms with Crippen LogP contribution in [-0.4, -0.2) is 32.4 Å². The standard InChI is InChI=1S/C25H27N5O4/c1-14-11-15(22(31)27-17-5-3-2-4-6-17)7-10-20(14)28-23(32)16-12-19-21(26-13-16)30(18-8-9-18)25(34)29-24(19)33/h7,10-13,17-18H,2-6,8-9H2,1H3,(H,27,31)(H,28,32)(H,29,33,34). The lowest BCUT2D eigenvalue weighted by Gasteiger charge is -2.23. The van der Waals surface area contributed by atoms with Crippen LogP contribution in [0.15, 0.2) is 40.1 Å². The summed E-state index contributed by atoms with van der Waals surface area (Å²) in [6.45, 7) is 1.82. The molecule has 9 heteroatoms. The molecular weight excluding hydrogens is 434 g/mol. The van der Waals surface area contributed by atoms with E-state index >= 15 is 0 Å². The van der Waals surface area contributed by atoms with E-state index in [2.05, 4.69) is 20.6 Å². The van der Waals surface area contributed by atoms with Crippen LogP contribution >= 0.6 is 0 Å². The smallest absolute Gasteiger partial charge is 0.330 e. The van der Waals surface area contributed by atoms with Gasteiger partial charge in [0.05, 0.1) is 10.9 Å². The van der Waals surface area contributed by atoms with E-state index in [1.807, 2.05) is 6.92 Å². The van der Waals surface area contributed by atoms with Crippen molar-refractivity contribution >= 4 is 28.5 Å². The van der Waals surface area contributed by atoms with Crippen molar-refractivity contribution in [1.29, 1.82) is 0 Å². The minimum Gasteiger partial charge on any atom is -0.349 e. The zero-order valence-corrected chi connectivity index (χ0v) is 19.0. The molecule has 0 bridgehead atoms. The van der Waals surface area contributed by atoms with Crippen molar-refractivity contribution in [2.24, 2.45) is 0 Å². The number of nitrogens with one attached hydrogen (secondary N) is 3. The summed E-state index contributed by atoms with van der Waals surface area (Å²) in [6.07, 6.45) is 8.62. The lowest BCUT2D eigenvalue weighted by atomic mass is 9.95. The van der Waals surface area contributed by atoms with Crippen LogP contribution in [-0.2, 0) is 0 Å². The molecule has 3 aromatic rings. The van der Waals surface area contributed by atoms with Crippen molar-refractivity contribution in [2.45, 2.75) is 64.0 Å². The van der Waals surface area contributed by atoms with Gasteiger partial charge in [0, 0.05) is 29.5 Å². The lowest BCUT2D eigenvalue weighted by Crippen LogP contribution is -2.36. The van der Waals surface area contributed by atoms with Crippen molar-refractivity contribution in [3.05, 3.63) is 68.0 Å². The van der Waals surface area contributed by atoms with Gasteiger partial charge in [0.25, 0.3) is 17.4 Å². The highest BCUT2D eigenvalue weighted by Crippen LogP contribution is 2.34. The predicted molar refractivity (Wildman–Crippen MR) is 128 cm³/mol. The molecule has 2 saturated carbocycles. The second kappa shape index (κ2) is 8.89. The minimum absolute atomic E-state index is 0.0375. The number of fused-ring (bicyclic) bond motifs is 1. The SMILES string of the molecule is Cc1cc(C(=O)NC2CCCCC2)ccc1NC(=O)c1cnc2c(c1)c(=O)[nH]c(=O)n2C1CC1. The fourth-order valence-electron chi connectivity index (χ4n) is 4.59. The summed E-state index contributed by atoms with van der Waals surface area (Å²) in [5, 5.41) is 6.13. The Morgan fingerprint density at radius 1 is 1.00 bits per heavy atom. The maximum absolute atomic E-state index is 12.9. The van der Waals surface area contributed by atoms with Gasteiger partial charge in [-0.2, -0.15) is 0 Å². The molecular formula is C25H27N5O4. The number of anilines is 1. The zero-order valence-electron chi connectivity index (χ0n) is 19.0. The second-order valence-electron chi connectivity index (χ2n) is 9.25. The summed E-state index contributed by atoms with van der Waals surface area (Å²) in [4.78, 5) is 56.6. The quantitative estimate of drug-likeness (QED) is 0.538. The van der Waals surface area contributed by atoms with E-state index in [0.717, 1.165) is 44.1 Å². The first-order valence-electron chi connectivity index (χ1n) is 11.8. The number of pyridine rings is 1. The number of H-pyrrole nitrogens is 1. The molecule has 0 atom stereocenters. The van der Waals surface area contributed by atoms with Crippen LogP contribution in [0.4, 0.5) is 5.69 Å². The number of hydrogen-bond donors (Lipinski definition) is 3. The maximum atomic E-state index is 12.9. The molecule has 0 saturated heterocycles. The summed E-state index contributed by atoms with van der Waals surface area (Å²) in [5.41, 5.74) is 1.32. The highest BCUT2D eigenvalue weighted by Gasteiger charge is 2.28. The fraction of sp³-hybridized carbons (Fsp3) is 0.400. The molecule has 3 N–H and O–H groups in total. The lowest BCUT2D eigenvalue weighted by molar-refractivity contribution is 0.0927. The number of rotatable bonds is 5. The van der Waals surface area contributed by atoms with Gasteiger partial charge in [0.15, 0.2) is 0 Å². The number of hydrogen-bond acceptors (Lipinski definition) is 5. The molecule has 2 amide bonds. The average Bonchev–Trinajstić information content (AvgIpc) is 3.66. The third kappa shape index (κ3) is 4.37. The first kappa shape index (κ1) is 22.1. The van der Waals surface area contributed by atoms with Crippen LogP contribution in [0.25, 0.3) is 11.0 Å². The van der Waals surface area contributed by atoms with E-state index in [1.165, 1.54) is 23.3 Å². The van der Waals surface area contributed by atoms with E-state index in [0.29, 0.717) is 11.3 Å². The summed E-state index contributed by atoms with van der Waals surface area (Å²) in [6, 6.07) is 6.87. The molecule has 0 radical (unpaired) electrons. The Morgan fingerprint density at radius 2 is 1.76 bits per heavy atom. The van der Waals surface area contributed by atoms with Crippen molar-refractivity contribution < 1.29 is 9.59 Å². The Kier molecular flexibility index (Phi) is 5.77. The Labute approximate surface area is 195 Å². The molecule has 1 aromatic carbocycles. The number of aryl methyl sites for hydroxylation is 1. The molecule has 0 aliphatic heterocycles. The fourth-order valence-corrected chi connectivity index (χ4v) is 4.59. The van der Waals surface area contributed by atoms with Gasteiger partial charge in [-0.05, 0) is 62.4 Å². The molecule has 9 nitrogen and oxygen atoms in total. The zero-order chi connectivity index (χ0) is 23.8. The van der Waals surface area contributed by atoms with Crippen LogP contribution in [0.1, 0.15) is 77.3 Å². The van der Waals surface area contributed by atoms with E-state index in [-0.39, 0.29) is 34.6 Å². The molecule has 2 aliphatic carbocycles. The van der Waals surface area contributed by atoms with Gasteiger partial charge in [-0.25, -0.2) is 9.78 Å². The summed E-state index contributed by atoms with van der Waals surface area (Å²) < 4.78 is 1.49. The monoisotopic (exact) mass is 461 g/mol. The van der Waals surface area contributed by atoms with Gasteiger partial charge < -0.3 is 10.6 Å². The van der Waals surface area contributed by atoms with E-state index in [1.54, 1.807) is 18.2 Å². The Balaban J connectivity index is 1.34. The van der Waals surface area contributed by atoms with Crippen molar-refractivity contribution in [3.63, 3.8) is 0 Å². The van der Waals surface area contributed by atoms with Crippen molar-refractivity contribution in [1.82, 2.24) is 19.9 Å². The first-order valence-corrected chi connectivity index (χ1v) is 11.8. The van der Waals surface area contributed by atoms with Gasteiger partial charge in [-0.15, -0.1) is 0 Å². The number of amides is 2. The van der Waals surface area contributed by atoms with Gasteiger partial charge in [-0.1, -0.05) is 19.3 Å². The van der Waals surface area contributed by atoms with Crippen LogP contribution < -0.4 is 21.9 Å². The number of carbonyl (C=O) groups excluding carboxylic acids is 2. The number of benzene rings is 1. The summed E-state index contributed by atoms with van der Waals surface area (Å²) in [5.74, 6) is -0.534. The molecule has 2 fully saturated rings. The second-order valence-corrected chi connectivity index (χ2v) is 9.25. The molecule has 2 aromatic heterocycles. The average molecular weight is 462 g/mol. The first-order chi connectivity index (χ1) is 16.4. The number of nitrogens with zero attached hydrogens (tertiary/aromatic N) is 2. The number of carbonyl (C=O) groups is 2. The van der Waals surface area contributed by atoms with E-state index < -0.39 is 17.2 Å². The maximum Gasteiger partial charge on any atom is 0.330 e. The molecule has 2 heterocycles. The Hall–Kier alpha value is -3.75. The molecule has 0 unspecified atom stereocenters. The Morgan fingerprint density at radius 3 is 2.47 bits per heavy atom. The molecule has 5 rings (SSSR count). The highest BCUT2D eigenvalue weighted by molar-refractivity contribution is 6.06. The van der Waals surface area contributed by atoms with Crippen LogP contribution in [0, 0.1) is 6.92 Å². The van der Waals surface area contributed by atoms with Crippen LogP contribution in [0.5, 0.6) is 0 Å². The Bertz CT molecular complexity index is 1400. The topological polar surface area (TPSA) is 126 Å². The normalized spacial score (nSPS) is 16.4. The molecule has 34 heavy (non-hydrogen) atoms. The number of aromatic amines is 1. The largest absolute Gasteiger partial charge is 0.349 e. The third-order valence-corrected chi connectivity index (χ3v) is 6.63.